The van der Waals surface area contributed by atoms with Crippen molar-refractivity contribution in [2.24, 2.45) is 0 Å². The molecule has 152 valence electrons. The maximum Gasteiger partial charge on any atom is 0.422 e. The van der Waals surface area contributed by atoms with Gasteiger partial charge < -0.3 is 9.64 Å². The zero-order valence-corrected chi connectivity index (χ0v) is 17.3. The lowest BCUT2D eigenvalue weighted by molar-refractivity contribution is -0.153. The Balaban J connectivity index is 2.16. The third kappa shape index (κ3) is 4.63. The summed E-state index contributed by atoms with van der Waals surface area (Å²) in [7, 11) is 1.62. The Morgan fingerprint density at radius 1 is 1.07 bits per heavy atom. The van der Waals surface area contributed by atoms with Crippen LogP contribution < -0.4 is 4.74 Å². The highest BCUT2D eigenvalue weighted by molar-refractivity contribution is 14.1. The van der Waals surface area contributed by atoms with Gasteiger partial charge in [0, 0.05) is 34.0 Å². The standard InChI is InChI=1S/C21H15F5INO/c1-12-18(27)10-15(13-6-4-3-5-7-13)20(28(12)2)19-16(22)8-14(9-17(19)23)29-11-21(24,25)26/h3-10H,1,11H2,2H3. The molecule has 0 saturated carbocycles. The Kier molecular flexibility index (Phi) is 6.02. The van der Waals surface area contributed by atoms with Crippen LogP contribution in [-0.2, 0) is 0 Å². The lowest BCUT2D eigenvalue weighted by Gasteiger charge is -2.31. The van der Waals surface area contributed by atoms with Gasteiger partial charge in [-0.2, -0.15) is 13.2 Å². The zero-order valence-electron chi connectivity index (χ0n) is 15.2. The molecule has 0 atom stereocenters. The van der Waals surface area contributed by atoms with E-state index < -0.39 is 30.2 Å². The normalized spacial score (nSPS) is 14.9. The summed E-state index contributed by atoms with van der Waals surface area (Å²) in [6.07, 6.45) is -2.85. The van der Waals surface area contributed by atoms with Crippen LogP contribution in [0.25, 0.3) is 11.3 Å². The Bertz CT molecular complexity index is 988. The van der Waals surface area contributed by atoms with Crippen molar-refractivity contribution in [2.45, 2.75) is 6.18 Å². The predicted molar refractivity (Wildman–Crippen MR) is 110 cm³/mol. The van der Waals surface area contributed by atoms with Crippen molar-refractivity contribution in [3.63, 3.8) is 0 Å². The highest BCUT2D eigenvalue weighted by atomic mass is 127. The second-order valence-corrected chi connectivity index (χ2v) is 7.45. The van der Waals surface area contributed by atoms with Crippen molar-refractivity contribution in [3.05, 3.63) is 87.2 Å². The van der Waals surface area contributed by atoms with Crippen LogP contribution in [0.4, 0.5) is 22.0 Å². The van der Waals surface area contributed by atoms with Crippen LogP contribution in [0.2, 0.25) is 0 Å². The van der Waals surface area contributed by atoms with Gasteiger partial charge in [0.15, 0.2) is 6.61 Å². The van der Waals surface area contributed by atoms with E-state index in [1.165, 1.54) is 0 Å². The van der Waals surface area contributed by atoms with E-state index in [0.717, 1.165) is 21.3 Å². The third-order valence-electron chi connectivity index (χ3n) is 4.28. The molecule has 1 aliphatic rings. The van der Waals surface area contributed by atoms with E-state index in [9.17, 15) is 22.0 Å². The number of likely N-dealkylation sites (N-methyl/N-ethyl adjacent to an activating group) is 1. The number of hydrogen-bond donors (Lipinski definition) is 0. The fourth-order valence-electron chi connectivity index (χ4n) is 2.92. The zero-order chi connectivity index (χ0) is 21.3. The second-order valence-electron chi connectivity index (χ2n) is 6.29. The molecule has 2 aromatic carbocycles. The molecule has 0 N–H and O–H groups in total. The number of benzene rings is 2. The largest absolute Gasteiger partial charge is 0.484 e. The van der Waals surface area contributed by atoms with Gasteiger partial charge in [0.25, 0.3) is 0 Å². The third-order valence-corrected chi connectivity index (χ3v) is 5.22. The number of ether oxygens (including phenoxy) is 1. The Labute approximate surface area is 178 Å². The van der Waals surface area contributed by atoms with Crippen molar-refractivity contribution in [2.75, 3.05) is 13.7 Å². The minimum Gasteiger partial charge on any atom is -0.484 e. The van der Waals surface area contributed by atoms with Crippen molar-refractivity contribution >= 4 is 33.9 Å². The first-order valence-electron chi connectivity index (χ1n) is 8.37. The summed E-state index contributed by atoms with van der Waals surface area (Å²) in [5.41, 5.74) is 1.68. The van der Waals surface area contributed by atoms with Gasteiger partial charge in [-0.3, -0.25) is 0 Å². The van der Waals surface area contributed by atoms with E-state index in [-0.39, 0.29) is 11.3 Å². The smallest absolute Gasteiger partial charge is 0.422 e. The van der Waals surface area contributed by atoms with Crippen molar-refractivity contribution in [3.8, 4) is 5.75 Å². The van der Waals surface area contributed by atoms with Gasteiger partial charge in [-0.1, -0.05) is 36.9 Å². The highest BCUT2D eigenvalue weighted by Gasteiger charge is 2.30. The fourth-order valence-corrected chi connectivity index (χ4v) is 3.59. The quantitative estimate of drug-likeness (QED) is 0.336. The molecular formula is C21H15F5INO. The number of halogens is 6. The van der Waals surface area contributed by atoms with E-state index in [1.807, 2.05) is 6.07 Å². The number of nitrogens with zero attached hydrogens (tertiary/aromatic N) is 1. The molecule has 0 amide bonds. The average molecular weight is 519 g/mol. The molecule has 1 aliphatic heterocycles. The van der Waals surface area contributed by atoms with E-state index in [2.05, 4.69) is 33.9 Å². The fraction of sp³-hybridized carbons (Fsp3) is 0.143. The molecule has 2 nitrogen and oxygen atoms in total. The van der Waals surface area contributed by atoms with Gasteiger partial charge in [-0.15, -0.1) is 0 Å². The van der Waals surface area contributed by atoms with Crippen LogP contribution in [0.5, 0.6) is 5.75 Å². The van der Waals surface area contributed by atoms with Crippen molar-refractivity contribution in [1.82, 2.24) is 4.90 Å². The lowest BCUT2D eigenvalue weighted by Crippen LogP contribution is -2.22. The van der Waals surface area contributed by atoms with Crippen LogP contribution in [0.15, 0.2) is 64.4 Å². The average Bonchev–Trinajstić information content (AvgIpc) is 2.65. The van der Waals surface area contributed by atoms with Crippen LogP contribution in [0, 0.1) is 11.6 Å². The number of rotatable bonds is 4. The molecule has 1 heterocycles. The minimum atomic E-state index is -4.61. The van der Waals surface area contributed by atoms with Gasteiger partial charge in [0.1, 0.15) is 17.4 Å². The first-order valence-corrected chi connectivity index (χ1v) is 9.45. The number of allylic oxidation sites excluding steroid dienone is 3. The Morgan fingerprint density at radius 2 is 1.66 bits per heavy atom. The summed E-state index contributed by atoms with van der Waals surface area (Å²) in [5.74, 6) is -2.60. The highest BCUT2D eigenvalue weighted by Crippen LogP contribution is 2.42. The molecule has 2 aromatic rings. The first-order chi connectivity index (χ1) is 13.6. The molecule has 0 saturated heterocycles. The van der Waals surface area contributed by atoms with Crippen LogP contribution in [0.3, 0.4) is 0 Å². The van der Waals surface area contributed by atoms with Gasteiger partial charge in [-0.05, 0) is 34.2 Å². The maximum atomic E-state index is 14.9. The summed E-state index contributed by atoms with van der Waals surface area (Å²) in [6, 6.07) is 10.5. The molecule has 0 fully saturated rings. The molecule has 29 heavy (non-hydrogen) atoms. The van der Waals surface area contributed by atoms with Gasteiger partial charge in [0.05, 0.1) is 11.3 Å². The van der Waals surface area contributed by atoms with E-state index >= 15 is 0 Å². The lowest BCUT2D eigenvalue weighted by atomic mass is 9.94. The summed E-state index contributed by atoms with van der Waals surface area (Å²) >= 11 is 2.08. The van der Waals surface area contributed by atoms with Crippen molar-refractivity contribution < 1.29 is 26.7 Å². The summed E-state index contributed by atoms with van der Waals surface area (Å²) in [6.45, 7) is 2.30. The second kappa shape index (κ2) is 8.17. The van der Waals surface area contributed by atoms with Crippen LogP contribution in [-0.4, -0.2) is 24.7 Å². The molecule has 0 radical (unpaired) electrons. The first kappa shape index (κ1) is 21.4. The number of hydrogen-bond acceptors (Lipinski definition) is 2. The van der Waals surface area contributed by atoms with Gasteiger partial charge in [-0.25, -0.2) is 8.78 Å². The SMILES string of the molecule is C=C1C(I)=CC(c2ccccc2)=C(c2c(F)cc(OCC(F)(F)F)cc2F)N1C. The van der Waals surface area contributed by atoms with E-state index in [0.29, 0.717) is 11.3 Å². The van der Waals surface area contributed by atoms with E-state index in [1.54, 1.807) is 42.3 Å². The topological polar surface area (TPSA) is 12.5 Å². The molecule has 0 aromatic heterocycles. The Hall–Kier alpha value is -2.36. The number of alkyl halides is 3. The van der Waals surface area contributed by atoms with Crippen LogP contribution >= 0.6 is 22.6 Å². The van der Waals surface area contributed by atoms with Crippen molar-refractivity contribution in [1.29, 1.82) is 0 Å². The van der Waals surface area contributed by atoms with Gasteiger partial charge in [0.2, 0.25) is 0 Å². The molecular weight excluding hydrogens is 504 g/mol. The monoisotopic (exact) mass is 519 g/mol. The maximum absolute atomic E-state index is 14.9. The van der Waals surface area contributed by atoms with Gasteiger partial charge >= 0.3 is 6.18 Å². The molecule has 0 spiro atoms. The van der Waals surface area contributed by atoms with Crippen LogP contribution in [0.1, 0.15) is 11.1 Å². The molecule has 8 heteroatoms. The molecule has 0 unspecified atom stereocenters. The predicted octanol–water partition coefficient (Wildman–Crippen LogP) is 6.55. The molecule has 3 rings (SSSR count). The molecule has 0 aliphatic carbocycles. The summed E-state index contributed by atoms with van der Waals surface area (Å²) in [5, 5.41) is 0. The Morgan fingerprint density at radius 3 is 2.21 bits per heavy atom. The molecule has 0 bridgehead atoms. The summed E-state index contributed by atoms with van der Waals surface area (Å²) < 4.78 is 72.1. The van der Waals surface area contributed by atoms with E-state index in [4.69, 9.17) is 0 Å². The minimum absolute atomic E-state index is 0.221. The summed E-state index contributed by atoms with van der Waals surface area (Å²) in [4.78, 5) is 1.56.